The monoisotopic (exact) mass is 250 g/mol. The maximum absolute atomic E-state index is 10.6. The van der Waals surface area contributed by atoms with Crippen molar-refractivity contribution in [1.29, 1.82) is 0 Å². The van der Waals surface area contributed by atoms with Crippen LogP contribution in [0.4, 0.5) is 13.2 Å². The number of carboxylic acids is 1. The zero-order valence-corrected chi connectivity index (χ0v) is 8.36. The molecule has 0 spiro atoms. The van der Waals surface area contributed by atoms with Crippen molar-refractivity contribution in [2.75, 3.05) is 0 Å². The molecule has 4 N–H and O–H groups in total. The molecule has 0 bridgehead atoms. The molecular formula is C9H9F3N2O3. The number of aliphatic carboxylic acids is 1. The van der Waals surface area contributed by atoms with Crippen molar-refractivity contribution in [1.82, 2.24) is 5.32 Å². The van der Waals surface area contributed by atoms with Gasteiger partial charge in [-0.3, -0.25) is 4.79 Å². The van der Waals surface area contributed by atoms with E-state index < -0.39 is 18.1 Å². The van der Waals surface area contributed by atoms with E-state index in [2.05, 4.69) is 5.32 Å². The molecule has 0 saturated heterocycles. The van der Waals surface area contributed by atoms with Gasteiger partial charge < -0.3 is 16.2 Å². The van der Waals surface area contributed by atoms with Crippen LogP contribution in [0.1, 0.15) is 0 Å². The van der Waals surface area contributed by atoms with Crippen LogP contribution < -0.4 is 11.1 Å². The summed E-state index contributed by atoms with van der Waals surface area (Å²) < 4.78 is 31.7. The SMILES string of the molecule is NC(=O)C1=CC=CC=CN1.O=C(O)C(F)(F)F. The van der Waals surface area contributed by atoms with Gasteiger partial charge in [0.05, 0.1) is 0 Å². The van der Waals surface area contributed by atoms with Crippen LogP contribution in [0.25, 0.3) is 0 Å². The highest BCUT2D eigenvalue weighted by molar-refractivity contribution is 5.91. The number of nitrogens with two attached hydrogens (primary N) is 1. The van der Waals surface area contributed by atoms with Crippen molar-refractivity contribution in [2.24, 2.45) is 5.73 Å². The predicted octanol–water partition coefficient (Wildman–Crippen LogP) is 0.662. The van der Waals surface area contributed by atoms with Crippen LogP contribution in [0.3, 0.4) is 0 Å². The van der Waals surface area contributed by atoms with Crippen molar-refractivity contribution in [3.05, 3.63) is 36.2 Å². The molecule has 1 aliphatic rings. The number of allylic oxidation sites excluding steroid dienone is 4. The van der Waals surface area contributed by atoms with E-state index in [4.69, 9.17) is 15.6 Å². The minimum Gasteiger partial charge on any atom is -0.475 e. The number of carbonyl (C=O) groups excluding carboxylic acids is 1. The Balaban J connectivity index is 0.000000325. The Hall–Kier alpha value is -2.25. The molecule has 0 unspecified atom stereocenters. The fraction of sp³-hybridized carbons (Fsp3) is 0.111. The van der Waals surface area contributed by atoms with Gasteiger partial charge in [0.25, 0.3) is 5.91 Å². The van der Waals surface area contributed by atoms with E-state index in [1.165, 1.54) is 0 Å². The summed E-state index contributed by atoms with van der Waals surface area (Å²) in [7, 11) is 0. The first-order chi connectivity index (χ1) is 7.75. The first kappa shape index (κ1) is 14.8. The van der Waals surface area contributed by atoms with Gasteiger partial charge in [-0.25, -0.2) is 4.79 Å². The summed E-state index contributed by atoms with van der Waals surface area (Å²) in [6.45, 7) is 0. The molecule has 5 nitrogen and oxygen atoms in total. The number of nitrogens with one attached hydrogen (secondary N) is 1. The van der Waals surface area contributed by atoms with Crippen LogP contribution in [0, 0.1) is 0 Å². The predicted molar refractivity (Wildman–Crippen MR) is 52.4 cm³/mol. The molecule has 0 aliphatic carbocycles. The molecule has 0 atom stereocenters. The van der Waals surface area contributed by atoms with E-state index in [-0.39, 0.29) is 0 Å². The van der Waals surface area contributed by atoms with Crippen LogP contribution >= 0.6 is 0 Å². The third-order valence-electron chi connectivity index (χ3n) is 1.33. The normalized spacial score (nSPS) is 13.7. The molecule has 0 aromatic carbocycles. The molecule has 0 fully saturated rings. The molecule has 0 saturated carbocycles. The standard InChI is InChI=1S/C7H8N2O.C2HF3O2/c8-7(10)6-4-2-1-3-5-9-6;3-2(4,5)1(6)7/h1-5,9H,(H2,8,10);(H,6,7). The second-order valence-corrected chi connectivity index (χ2v) is 2.64. The number of alkyl halides is 3. The Bertz CT molecular complexity index is 383. The van der Waals surface area contributed by atoms with Gasteiger partial charge >= 0.3 is 12.1 Å². The fourth-order valence-electron chi connectivity index (χ4n) is 0.611. The van der Waals surface area contributed by atoms with Gasteiger partial charge in [0.15, 0.2) is 0 Å². The number of amides is 1. The average Bonchev–Trinajstić information content (AvgIpc) is 2.44. The van der Waals surface area contributed by atoms with Crippen molar-refractivity contribution in [3.63, 3.8) is 0 Å². The summed E-state index contributed by atoms with van der Waals surface area (Å²) >= 11 is 0. The van der Waals surface area contributed by atoms with Gasteiger partial charge in [-0.15, -0.1) is 0 Å². The second-order valence-electron chi connectivity index (χ2n) is 2.64. The molecule has 1 rings (SSSR count). The molecule has 8 heteroatoms. The van der Waals surface area contributed by atoms with E-state index in [1.807, 2.05) is 6.08 Å². The third-order valence-corrected chi connectivity index (χ3v) is 1.33. The number of hydrogen-bond donors (Lipinski definition) is 3. The smallest absolute Gasteiger partial charge is 0.475 e. The van der Waals surface area contributed by atoms with Gasteiger partial charge in [-0.05, 0) is 12.2 Å². The van der Waals surface area contributed by atoms with E-state index in [0.29, 0.717) is 5.70 Å². The minimum atomic E-state index is -5.08. The van der Waals surface area contributed by atoms with Crippen LogP contribution in [0.15, 0.2) is 36.2 Å². The Morgan fingerprint density at radius 3 is 2.18 bits per heavy atom. The Kier molecular flexibility index (Phi) is 5.52. The second kappa shape index (κ2) is 6.36. The van der Waals surface area contributed by atoms with E-state index in [1.54, 1.807) is 24.4 Å². The lowest BCUT2D eigenvalue weighted by Gasteiger charge is -1.97. The number of rotatable bonds is 1. The van der Waals surface area contributed by atoms with Crippen LogP contribution in [-0.4, -0.2) is 23.2 Å². The maximum atomic E-state index is 10.6. The first-order valence-corrected chi connectivity index (χ1v) is 4.15. The largest absolute Gasteiger partial charge is 0.490 e. The van der Waals surface area contributed by atoms with Crippen molar-refractivity contribution < 1.29 is 27.9 Å². The Morgan fingerprint density at radius 1 is 1.24 bits per heavy atom. The first-order valence-electron chi connectivity index (χ1n) is 4.15. The molecule has 0 radical (unpaired) electrons. The molecule has 1 aliphatic heterocycles. The number of hydrogen-bond acceptors (Lipinski definition) is 3. The molecule has 0 aromatic rings. The van der Waals surface area contributed by atoms with Gasteiger partial charge in [0.1, 0.15) is 5.70 Å². The molecule has 1 heterocycles. The lowest BCUT2D eigenvalue weighted by Crippen LogP contribution is -2.22. The van der Waals surface area contributed by atoms with Gasteiger partial charge in [-0.1, -0.05) is 12.2 Å². The topological polar surface area (TPSA) is 92.4 Å². The molecule has 1 amide bonds. The van der Waals surface area contributed by atoms with Crippen LogP contribution in [0.5, 0.6) is 0 Å². The van der Waals surface area contributed by atoms with Crippen LogP contribution in [-0.2, 0) is 9.59 Å². The van der Waals surface area contributed by atoms with E-state index in [9.17, 15) is 18.0 Å². The summed E-state index contributed by atoms with van der Waals surface area (Å²) in [6, 6.07) is 0. The number of carbonyl (C=O) groups is 2. The summed E-state index contributed by atoms with van der Waals surface area (Å²) in [5.74, 6) is -3.20. The fourth-order valence-corrected chi connectivity index (χ4v) is 0.611. The van der Waals surface area contributed by atoms with E-state index >= 15 is 0 Å². The number of carboxylic acid groups (broad SMARTS) is 1. The minimum absolute atomic E-state index is 0.407. The Labute approximate surface area is 94.1 Å². The lowest BCUT2D eigenvalue weighted by atomic mass is 10.4. The summed E-state index contributed by atoms with van der Waals surface area (Å²) in [6.07, 6.45) is 3.54. The highest BCUT2D eigenvalue weighted by atomic mass is 19.4. The summed E-state index contributed by atoms with van der Waals surface area (Å²) in [4.78, 5) is 19.4. The summed E-state index contributed by atoms with van der Waals surface area (Å²) in [5.41, 5.74) is 5.41. The highest BCUT2D eigenvalue weighted by Crippen LogP contribution is 2.13. The molecule has 17 heavy (non-hydrogen) atoms. The molecule has 94 valence electrons. The zero-order chi connectivity index (χ0) is 13.5. The average molecular weight is 250 g/mol. The summed E-state index contributed by atoms with van der Waals surface area (Å²) in [5, 5.41) is 9.85. The molecule has 0 aromatic heterocycles. The Morgan fingerprint density at radius 2 is 1.76 bits per heavy atom. The number of halogens is 3. The van der Waals surface area contributed by atoms with Crippen molar-refractivity contribution >= 4 is 11.9 Å². The van der Waals surface area contributed by atoms with Gasteiger partial charge in [0.2, 0.25) is 0 Å². The molecular weight excluding hydrogens is 241 g/mol. The van der Waals surface area contributed by atoms with Gasteiger partial charge in [0, 0.05) is 6.20 Å². The quantitative estimate of drug-likeness (QED) is 0.637. The van der Waals surface area contributed by atoms with E-state index in [0.717, 1.165) is 0 Å². The maximum Gasteiger partial charge on any atom is 0.490 e. The van der Waals surface area contributed by atoms with Gasteiger partial charge in [-0.2, -0.15) is 13.2 Å². The number of primary amides is 1. The van der Waals surface area contributed by atoms with Crippen molar-refractivity contribution in [2.45, 2.75) is 6.18 Å². The lowest BCUT2D eigenvalue weighted by molar-refractivity contribution is -0.192. The zero-order valence-electron chi connectivity index (χ0n) is 8.36. The third kappa shape index (κ3) is 6.77. The van der Waals surface area contributed by atoms with Crippen LogP contribution in [0.2, 0.25) is 0 Å². The highest BCUT2D eigenvalue weighted by Gasteiger charge is 2.38. The van der Waals surface area contributed by atoms with Crippen molar-refractivity contribution in [3.8, 4) is 0 Å².